The molecule has 0 N–H and O–H groups in total. The van der Waals surface area contributed by atoms with Crippen molar-refractivity contribution in [1.82, 2.24) is 14.3 Å². The van der Waals surface area contributed by atoms with Gasteiger partial charge in [0.2, 0.25) is 5.91 Å². The molecule has 0 bridgehead atoms. The number of hydrogen-bond donors (Lipinski definition) is 0. The van der Waals surface area contributed by atoms with E-state index in [1.807, 2.05) is 0 Å². The smallest absolute Gasteiger partial charge is 0.345 e. The highest BCUT2D eigenvalue weighted by Crippen LogP contribution is 2.23. The zero-order valence-corrected chi connectivity index (χ0v) is 13.2. The first-order chi connectivity index (χ1) is 12.0. The second-order valence-electron chi connectivity index (χ2n) is 5.34. The normalized spacial score (nSPS) is 10.8. The van der Waals surface area contributed by atoms with Crippen LogP contribution in [0, 0.1) is 11.6 Å². The number of hydrogen-bond acceptors (Lipinski definition) is 4. The molecule has 9 heteroatoms. The Morgan fingerprint density at radius 2 is 2.12 bits per heavy atom. The third-order valence-electron chi connectivity index (χ3n) is 3.57. The number of amides is 1. The van der Waals surface area contributed by atoms with E-state index < -0.39 is 29.8 Å². The fourth-order valence-electron chi connectivity index (χ4n) is 2.31. The SMILES string of the molecule is Cn1cnn(CC(=O)N(Cc2ccco2)c2ccc(F)cc2F)c1=O. The van der Waals surface area contributed by atoms with Gasteiger partial charge in [0.15, 0.2) is 0 Å². The number of carbonyl (C=O) groups excluding carboxylic acids is 1. The molecule has 0 aliphatic carbocycles. The summed E-state index contributed by atoms with van der Waals surface area (Å²) in [6, 6.07) is 6.14. The van der Waals surface area contributed by atoms with Crippen LogP contribution in [0.1, 0.15) is 5.76 Å². The second kappa shape index (κ2) is 6.71. The minimum Gasteiger partial charge on any atom is -0.467 e. The van der Waals surface area contributed by atoms with Gasteiger partial charge in [0, 0.05) is 13.1 Å². The molecule has 0 unspecified atom stereocenters. The molecule has 1 amide bonds. The molecule has 130 valence electrons. The lowest BCUT2D eigenvalue weighted by Crippen LogP contribution is -2.37. The van der Waals surface area contributed by atoms with Gasteiger partial charge in [0.05, 0.1) is 18.5 Å². The summed E-state index contributed by atoms with van der Waals surface area (Å²) in [7, 11) is 1.50. The molecule has 1 aromatic carbocycles. The Balaban J connectivity index is 1.93. The van der Waals surface area contributed by atoms with Crippen LogP contribution in [-0.4, -0.2) is 20.3 Å². The Hall–Kier alpha value is -3.23. The van der Waals surface area contributed by atoms with Gasteiger partial charge in [-0.25, -0.2) is 18.3 Å². The Bertz CT molecular complexity index is 947. The molecular formula is C16H14F2N4O3. The molecule has 25 heavy (non-hydrogen) atoms. The molecule has 0 atom stereocenters. The van der Waals surface area contributed by atoms with Gasteiger partial charge in [-0.05, 0) is 24.3 Å². The van der Waals surface area contributed by atoms with Crippen LogP contribution in [0.25, 0.3) is 0 Å². The Kier molecular flexibility index (Phi) is 4.46. The maximum Gasteiger partial charge on any atom is 0.345 e. The minimum absolute atomic E-state index is 0.0734. The van der Waals surface area contributed by atoms with Crippen LogP contribution in [0.4, 0.5) is 14.5 Å². The van der Waals surface area contributed by atoms with E-state index in [0.29, 0.717) is 11.8 Å². The van der Waals surface area contributed by atoms with E-state index in [9.17, 15) is 18.4 Å². The fraction of sp³-hybridized carbons (Fsp3) is 0.188. The van der Waals surface area contributed by atoms with Crippen molar-refractivity contribution in [2.45, 2.75) is 13.1 Å². The molecule has 0 saturated heterocycles. The number of nitrogens with zero attached hydrogens (tertiary/aromatic N) is 4. The first kappa shape index (κ1) is 16.6. The van der Waals surface area contributed by atoms with Crippen molar-refractivity contribution in [3.63, 3.8) is 0 Å². The van der Waals surface area contributed by atoms with Crippen LogP contribution < -0.4 is 10.6 Å². The van der Waals surface area contributed by atoms with Crippen LogP contribution in [0.2, 0.25) is 0 Å². The van der Waals surface area contributed by atoms with Crippen molar-refractivity contribution >= 4 is 11.6 Å². The average Bonchev–Trinajstić information content (AvgIpc) is 3.19. The maximum absolute atomic E-state index is 14.2. The minimum atomic E-state index is -0.895. The summed E-state index contributed by atoms with van der Waals surface area (Å²) in [4.78, 5) is 25.6. The lowest BCUT2D eigenvalue weighted by Gasteiger charge is -2.22. The van der Waals surface area contributed by atoms with E-state index in [1.54, 1.807) is 12.1 Å². The van der Waals surface area contributed by atoms with Crippen LogP contribution >= 0.6 is 0 Å². The number of carbonyl (C=O) groups is 1. The van der Waals surface area contributed by atoms with Crippen molar-refractivity contribution in [3.05, 3.63) is 70.8 Å². The molecule has 3 aromatic rings. The number of furan rings is 1. The topological polar surface area (TPSA) is 73.3 Å². The van der Waals surface area contributed by atoms with E-state index in [4.69, 9.17) is 4.42 Å². The summed E-state index contributed by atoms with van der Waals surface area (Å²) in [5.74, 6) is -1.84. The molecule has 2 aromatic heterocycles. The van der Waals surface area contributed by atoms with Gasteiger partial charge in [0.1, 0.15) is 30.3 Å². The average molecular weight is 348 g/mol. The summed E-state index contributed by atoms with van der Waals surface area (Å²) < 4.78 is 34.7. The van der Waals surface area contributed by atoms with E-state index in [0.717, 1.165) is 21.7 Å². The second-order valence-corrected chi connectivity index (χ2v) is 5.34. The molecule has 0 radical (unpaired) electrons. The third kappa shape index (κ3) is 3.49. The monoisotopic (exact) mass is 348 g/mol. The summed E-state index contributed by atoms with van der Waals surface area (Å²) in [5, 5.41) is 3.81. The molecule has 3 rings (SSSR count). The number of rotatable bonds is 5. The summed E-state index contributed by atoms with van der Waals surface area (Å²) in [6.45, 7) is -0.465. The predicted molar refractivity (Wildman–Crippen MR) is 83.7 cm³/mol. The van der Waals surface area contributed by atoms with Crippen LogP contribution in [0.5, 0.6) is 0 Å². The van der Waals surface area contributed by atoms with Gasteiger partial charge in [0.25, 0.3) is 0 Å². The van der Waals surface area contributed by atoms with E-state index >= 15 is 0 Å². The highest BCUT2D eigenvalue weighted by Gasteiger charge is 2.22. The number of aryl methyl sites for hydroxylation is 1. The summed E-state index contributed by atoms with van der Waals surface area (Å²) in [5.41, 5.74) is -0.599. The highest BCUT2D eigenvalue weighted by atomic mass is 19.1. The van der Waals surface area contributed by atoms with Crippen LogP contribution in [0.3, 0.4) is 0 Å². The van der Waals surface area contributed by atoms with Gasteiger partial charge >= 0.3 is 5.69 Å². The largest absolute Gasteiger partial charge is 0.467 e. The Labute approximate surface area is 140 Å². The van der Waals surface area contributed by atoms with Crippen molar-refractivity contribution in [3.8, 4) is 0 Å². The zero-order chi connectivity index (χ0) is 18.0. The lowest BCUT2D eigenvalue weighted by molar-refractivity contribution is -0.119. The van der Waals surface area contributed by atoms with E-state index in [-0.39, 0.29) is 12.2 Å². The van der Waals surface area contributed by atoms with Gasteiger partial charge < -0.3 is 9.32 Å². The fourth-order valence-corrected chi connectivity index (χ4v) is 2.31. The van der Waals surface area contributed by atoms with Gasteiger partial charge in [-0.3, -0.25) is 9.36 Å². The van der Waals surface area contributed by atoms with Gasteiger partial charge in [-0.15, -0.1) is 0 Å². The third-order valence-corrected chi connectivity index (χ3v) is 3.57. The quantitative estimate of drug-likeness (QED) is 0.703. The van der Waals surface area contributed by atoms with Gasteiger partial charge in [-0.1, -0.05) is 0 Å². The molecule has 0 saturated carbocycles. The number of halogens is 2. The Morgan fingerprint density at radius 3 is 2.72 bits per heavy atom. The molecule has 0 spiro atoms. The van der Waals surface area contributed by atoms with Crippen molar-refractivity contribution in [2.24, 2.45) is 7.05 Å². The molecule has 0 aliphatic heterocycles. The zero-order valence-electron chi connectivity index (χ0n) is 13.2. The molecule has 0 aliphatic rings. The van der Waals surface area contributed by atoms with Gasteiger partial charge in [-0.2, -0.15) is 5.10 Å². The molecule has 0 fully saturated rings. The number of aromatic nitrogens is 3. The lowest BCUT2D eigenvalue weighted by atomic mass is 10.2. The van der Waals surface area contributed by atoms with Crippen LogP contribution in [0.15, 0.2) is 52.1 Å². The molecule has 2 heterocycles. The number of benzene rings is 1. The van der Waals surface area contributed by atoms with E-state index in [1.165, 1.54) is 24.2 Å². The standard InChI is InChI=1S/C16H14F2N4O3/c1-20-10-19-22(16(20)24)9-15(23)21(8-12-3-2-6-25-12)14-5-4-11(17)7-13(14)18/h2-7,10H,8-9H2,1H3. The number of anilines is 1. The molecular weight excluding hydrogens is 334 g/mol. The van der Waals surface area contributed by atoms with E-state index in [2.05, 4.69) is 5.10 Å². The first-order valence-corrected chi connectivity index (χ1v) is 7.32. The highest BCUT2D eigenvalue weighted by molar-refractivity contribution is 5.93. The maximum atomic E-state index is 14.2. The molecule has 7 nitrogen and oxygen atoms in total. The van der Waals surface area contributed by atoms with Crippen molar-refractivity contribution < 1.29 is 18.0 Å². The van der Waals surface area contributed by atoms with Crippen LogP contribution in [-0.2, 0) is 24.9 Å². The Morgan fingerprint density at radius 1 is 1.32 bits per heavy atom. The van der Waals surface area contributed by atoms with Crippen molar-refractivity contribution in [2.75, 3.05) is 4.90 Å². The predicted octanol–water partition coefficient (Wildman–Crippen LogP) is 1.69. The van der Waals surface area contributed by atoms with Crippen molar-refractivity contribution in [1.29, 1.82) is 0 Å². The first-order valence-electron chi connectivity index (χ1n) is 7.32. The summed E-state index contributed by atoms with van der Waals surface area (Å²) >= 11 is 0. The summed E-state index contributed by atoms with van der Waals surface area (Å²) in [6.07, 6.45) is 2.69.